The van der Waals surface area contributed by atoms with E-state index >= 15 is 0 Å². The van der Waals surface area contributed by atoms with Crippen LogP contribution in [-0.2, 0) is 6.42 Å². The molecule has 0 spiro atoms. The molecule has 0 aliphatic rings. The van der Waals surface area contributed by atoms with Crippen molar-refractivity contribution in [2.24, 2.45) is 0 Å². The number of ether oxygens (including phenoxy) is 1. The van der Waals surface area contributed by atoms with Gasteiger partial charge in [0.1, 0.15) is 5.75 Å². The van der Waals surface area contributed by atoms with Crippen molar-refractivity contribution in [2.75, 3.05) is 6.61 Å². The van der Waals surface area contributed by atoms with Gasteiger partial charge in [0.2, 0.25) is 5.88 Å². The maximum atomic E-state index is 9.65. The van der Waals surface area contributed by atoms with Gasteiger partial charge in [0.05, 0.1) is 6.10 Å². The Morgan fingerprint density at radius 3 is 2.58 bits per heavy atom. The topological polar surface area (TPSA) is 62.6 Å². The van der Waals surface area contributed by atoms with Gasteiger partial charge >= 0.3 is 0 Å². The summed E-state index contributed by atoms with van der Waals surface area (Å²) in [5, 5.41) is 18.5. The van der Waals surface area contributed by atoms with E-state index in [4.69, 9.17) is 9.84 Å². The highest BCUT2D eigenvalue weighted by Gasteiger charge is 2.10. The first-order chi connectivity index (χ1) is 9.20. The third-order valence-electron chi connectivity index (χ3n) is 2.79. The Bertz CT molecular complexity index is 523. The second-order valence-electron chi connectivity index (χ2n) is 4.29. The largest absolute Gasteiger partial charge is 0.439 e. The molecular formula is C15H17NO3. The van der Waals surface area contributed by atoms with Crippen molar-refractivity contribution >= 4 is 0 Å². The minimum Gasteiger partial charge on any atom is -0.439 e. The summed E-state index contributed by atoms with van der Waals surface area (Å²) in [6.07, 6.45) is 1.63. The molecule has 0 saturated heterocycles. The van der Waals surface area contributed by atoms with Gasteiger partial charge in [-0.25, -0.2) is 4.98 Å². The zero-order valence-corrected chi connectivity index (χ0v) is 10.8. The Kier molecular flexibility index (Phi) is 4.49. The van der Waals surface area contributed by atoms with Gasteiger partial charge in [0, 0.05) is 18.4 Å². The smallest absolute Gasteiger partial charge is 0.225 e. The van der Waals surface area contributed by atoms with Gasteiger partial charge < -0.3 is 14.9 Å². The van der Waals surface area contributed by atoms with Gasteiger partial charge in [-0.2, -0.15) is 0 Å². The summed E-state index contributed by atoms with van der Waals surface area (Å²) < 4.78 is 5.67. The fraction of sp³-hybridized carbons (Fsp3) is 0.267. The zero-order chi connectivity index (χ0) is 13.7. The van der Waals surface area contributed by atoms with Crippen molar-refractivity contribution in [3.8, 4) is 11.6 Å². The van der Waals surface area contributed by atoms with Crippen molar-refractivity contribution in [1.82, 2.24) is 4.98 Å². The number of rotatable bonds is 5. The molecule has 2 aromatic rings. The number of pyridine rings is 1. The molecule has 0 amide bonds. The minimum atomic E-state index is -0.627. The van der Waals surface area contributed by atoms with Crippen LogP contribution >= 0.6 is 0 Å². The predicted octanol–water partition coefficient (Wildman–Crippen LogP) is 2.46. The van der Waals surface area contributed by atoms with E-state index in [1.165, 1.54) is 0 Å². The molecule has 1 atom stereocenters. The number of hydrogen-bond donors (Lipinski definition) is 2. The summed E-state index contributed by atoms with van der Waals surface area (Å²) in [6.45, 7) is 1.81. The van der Waals surface area contributed by atoms with Crippen LogP contribution in [0.2, 0.25) is 0 Å². The first-order valence-corrected chi connectivity index (χ1v) is 6.21. The van der Waals surface area contributed by atoms with Crippen molar-refractivity contribution in [3.05, 3.63) is 53.7 Å². The molecule has 1 aromatic carbocycles. The average molecular weight is 259 g/mol. The molecule has 1 heterocycles. The van der Waals surface area contributed by atoms with Crippen LogP contribution in [0.4, 0.5) is 0 Å². The number of benzene rings is 1. The van der Waals surface area contributed by atoms with E-state index in [0.29, 0.717) is 23.6 Å². The summed E-state index contributed by atoms with van der Waals surface area (Å²) in [7, 11) is 0. The summed E-state index contributed by atoms with van der Waals surface area (Å²) in [5.74, 6) is 1.06. The first kappa shape index (κ1) is 13.5. The Hall–Kier alpha value is -1.91. The fourth-order valence-electron chi connectivity index (χ4n) is 1.77. The number of aliphatic hydroxyl groups excluding tert-OH is 2. The fourth-order valence-corrected chi connectivity index (χ4v) is 1.77. The lowest BCUT2D eigenvalue weighted by Crippen LogP contribution is -1.98. The summed E-state index contributed by atoms with van der Waals surface area (Å²) >= 11 is 0. The summed E-state index contributed by atoms with van der Waals surface area (Å²) in [5.41, 5.74) is 1.70. The molecule has 4 nitrogen and oxygen atoms in total. The first-order valence-electron chi connectivity index (χ1n) is 6.21. The van der Waals surface area contributed by atoms with Gasteiger partial charge in [0.25, 0.3) is 0 Å². The van der Waals surface area contributed by atoms with Crippen LogP contribution in [0.3, 0.4) is 0 Å². The number of nitrogens with zero attached hydrogens (tertiary/aromatic N) is 1. The van der Waals surface area contributed by atoms with Crippen LogP contribution in [0.5, 0.6) is 11.6 Å². The van der Waals surface area contributed by atoms with E-state index in [-0.39, 0.29) is 6.61 Å². The molecule has 2 rings (SSSR count). The maximum Gasteiger partial charge on any atom is 0.225 e. The van der Waals surface area contributed by atoms with Crippen molar-refractivity contribution in [2.45, 2.75) is 19.4 Å². The number of aliphatic hydroxyl groups is 2. The highest BCUT2D eigenvalue weighted by molar-refractivity contribution is 5.34. The van der Waals surface area contributed by atoms with Crippen molar-refractivity contribution in [1.29, 1.82) is 0 Å². The van der Waals surface area contributed by atoms with E-state index in [0.717, 1.165) is 5.56 Å². The highest BCUT2D eigenvalue weighted by atomic mass is 16.5. The van der Waals surface area contributed by atoms with Gasteiger partial charge in [-0.1, -0.05) is 12.1 Å². The van der Waals surface area contributed by atoms with E-state index in [1.807, 2.05) is 24.3 Å². The molecule has 1 aromatic heterocycles. The Labute approximate surface area is 112 Å². The van der Waals surface area contributed by atoms with Gasteiger partial charge in [0.15, 0.2) is 0 Å². The van der Waals surface area contributed by atoms with Crippen LogP contribution in [-0.4, -0.2) is 21.8 Å². The molecule has 0 unspecified atom stereocenters. The Morgan fingerprint density at radius 1 is 1.21 bits per heavy atom. The van der Waals surface area contributed by atoms with Crippen molar-refractivity contribution < 1.29 is 14.9 Å². The van der Waals surface area contributed by atoms with E-state index in [9.17, 15) is 5.11 Å². The lowest BCUT2D eigenvalue weighted by molar-refractivity contribution is 0.194. The quantitative estimate of drug-likeness (QED) is 0.865. The van der Waals surface area contributed by atoms with Gasteiger partial charge in [-0.15, -0.1) is 0 Å². The van der Waals surface area contributed by atoms with E-state index < -0.39 is 6.10 Å². The standard InChI is InChI=1S/C15H17NO3/c1-11(18)14-3-2-9-16-15(14)19-13-6-4-12(5-7-13)8-10-17/h2-7,9,11,17-18H,8,10H2,1H3/t11-/m0/s1. The van der Waals surface area contributed by atoms with Gasteiger partial charge in [-0.3, -0.25) is 0 Å². The Morgan fingerprint density at radius 2 is 1.95 bits per heavy atom. The lowest BCUT2D eigenvalue weighted by atomic mass is 10.1. The molecule has 0 aliphatic carbocycles. The molecule has 0 bridgehead atoms. The van der Waals surface area contributed by atoms with Crippen LogP contribution in [0, 0.1) is 0 Å². The average Bonchev–Trinajstić information content (AvgIpc) is 2.42. The monoisotopic (exact) mass is 259 g/mol. The van der Waals surface area contributed by atoms with E-state index in [2.05, 4.69) is 4.98 Å². The zero-order valence-electron chi connectivity index (χ0n) is 10.8. The maximum absolute atomic E-state index is 9.65. The molecule has 0 fully saturated rings. The van der Waals surface area contributed by atoms with Crippen molar-refractivity contribution in [3.63, 3.8) is 0 Å². The van der Waals surface area contributed by atoms with Crippen LogP contribution in [0.25, 0.3) is 0 Å². The number of hydrogen-bond acceptors (Lipinski definition) is 4. The third-order valence-corrected chi connectivity index (χ3v) is 2.79. The van der Waals surface area contributed by atoms with Crippen LogP contribution in [0.15, 0.2) is 42.6 Å². The Balaban J connectivity index is 2.17. The molecule has 4 heteroatoms. The normalized spacial score (nSPS) is 12.2. The van der Waals surface area contributed by atoms with E-state index in [1.54, 1.807) is 25.3 Å². The van der Waals surface area contributed by atoms with Crippen LogP contribution < -0.4 is 4.74 Å². The highest BCUT2D eigenvalue weighted by Crippen LogP contribution is 2.27. The van der Waals surface area contributed by atoms with Gasteiger partial charge in [-0.05, 0) is 43.2 Å². The molecule has 0 aliphatic heterocycles. The summed E-state index contributed by atoms with van der Waals surface area (Å²) in [4.78, 5) is 4.13. The lowest BCUT2D eigenvalue weighted by Gasteiger charge is -2.11. The molecule has 0 radical (unpaired) electrons. The minimum absolute atomic E-state index is 0.132. The SMILES string of the molecule is C[C@H](O)c1cccnc1Oc1ccc(CCO)cc1. The van der Waals surface area contributed by atoms with Crippen LogP contribution in [0.1, 0.15) is 24.2 Å². The molecule has 2 N–H and O–H groups in total. The number of aromatic nitrogens is 1. The second-order valence-corrected chi connectivity index (χ2v) is 4.29. The predicted molar refractivity (Wildman–Crippen MR) is 72.2 cm³/mol. The molecule has 19 heavy (non-hydrogen) atoms. The molecule has 0 saturated carbocycles. The third kappa shape index (κ3) is 3.53. The molecular weight excluding hydrogens is 242 g/mol. The molecule has 100 valence electrons. The second kappa shape index (κ2) is 6.31. The summed E-state index contributed by atoms with van der Waals surface area (Å²) in [6, 6.07) is 11.0.